The summed E-state index contributed by atoms with van der Waals surface area (Å²) in [6.45, 7) is 1.36. The molecule has 0 aliphatic carbocycles. The van der Waals surface area contributed by atoms with Crippen LogP contribution in [0.4, 0.5) is 0 Å². The number of rotatable bonds is 13. The van der Waals surface area contributed by atoms with E-state index in [0.29, 0.717) is 26.2 Å². The molecule has 5 heteroatoms. The van der Waals surface area contributed by atoms with Crippen LogP contribution in [0.2, 0.25) is 0 Å². The Hall–Kier alpha value is -2.05. The monoisotopic (exact) mass is 372 g/mol. The molecule has 0 saturated carbocycles. The van der Waals surface area contributed by atoms with Crippen molar-refractivity contribution in [2.75, 3.05) is 13.2 Å². The Morgan fingerprint density at radius 1 is 0.778 bits per heavy atom. The third kappa shape index (κ3) is 9.45. The Morgan fingerprint density at radius 2 is 1.30 bits per heavy atom. The van der Waals surface area contributed by atoms with Crippen molar-refractivity contribution in [1.29, 1.82) is 0 Å². The lowest BCUT2D eigenvalue weighted by atomic mass is 10.1. The predicted molar refractivity (Wildman–Crippen MR) is 103 cm³/mol. The highest BCUT2D eigenvalue weighted by molar-refractivity contribution is 5.79. The second-order valence-electron chi connectivity index (χ2n) is 6.58. The maximum absolute atomic E-state index is 11.9. The van der Waals surface area contributed by atoms with Crippen molar-refractivity contribution in [2.24, 2.45) is 0 Å². The van der Waals surface area contributed by atoms with Gasteiger partial charge in [-0.15, -0.1) is 0 Å². The molecule has 2 aromatic rings. The van der Waals surface area contributed by atoms with Crippen LogP contribution in [-0.2, 0) is 27.5 Å². The normalized spacial score (nSPS) is 13.3. The highest BCUT2D eigenvalue weighted by Crippen LogP contribution is 2.07. The van der Waals surface area contributed by atoms with E-state index in [1.165, 1.54) is 0 Å². The van der Waals surface area contributed by atoms with Gasteiger partial charge in [-0.2, -0.15) is 0 Å². The van der Waals surface area contributed by atoms with Crippen molar-refractivity contribution >= 4 is 5.78 Å². The molecule has 0 amide bonds. The Kier molecular flexibility index (Phi) is 9.73. The summed E-state index contributed by atoms with van der Waals surface area (Å²) < 4.78 is 10.9. The summed E-state index contributed by atoms with van der Waals surface area (Å²) in [6, 6.07) is 19.4. The number of aliphatic hydroxyl groups excluding tert-OH is 2. The van der Waals surface area contributed by atoms with E-state index in [-0.39, 0.29) is 25.2 Å². The van der Waals surface area contributed by atoms with Crippen LogP contribution in [0.5, 0.6) is 0 Å². The lowest BCUT2D eigenvalue weighted by Gasteiger charge is -2.13. The number of Topliss-reactive ketones (excluding diaryl/α,β-unsaturated/α-hetero) is 1. The fraction of sp³-hybridized carbons (Fsp3) is 0.409. The summed E-state index contributed by atoms with van der Waals surface area (Å²) in [7, 11) is 0. The summed E-state index contributed by atoms with van der Waals surface area (Å²) in [5.74, 6) is -0.179. The van der Waals surface area contributed by atoms with Gasteiger partial charge >= 0.3 is 0 Å². The summed E-state index contributed by atoms with van der Waals surface area (Å²) >= 11 is 0. The van der Waals surface area contributed by atoms with Crippen LogP contribution >= 0.6 is 0 Å². The lowest BCUT2D eigenvalue weighted by molar-refractivity contribution is -0.124. The number of carbonyl (C=O) groups excluding carboxylic acids is 1. The highest BCUT2D eigenvalue weighted by Gasteiger charge is 2.15. The van der Waals surface area contributed by atoms with Crippen molar-refractivity contribution in [3.63, 3.8) is 0 Å². The fourth-order valence-electron chi connectivity index (χ4n) is 2.64. The molecule has 0 radical (unpaired) electrons. The molecule has 0 bridgehead atoms. The van der Waals surface area contributed by atoms with E-state index in [1.807, 2.05) is 60.7 Å². The van der Waals surface area contributed by atoms with Crippen molar-refractivity contribution in [1.82, 2.24) is 0 Å². The maximum Gasteiger partial charge on any atom is 0.138 e. The summed E-state index contributed by atoms with van der Waals surface area (Å²) in [5.41, 5.74) is 2.09. The third-order valence-electron chi connectivity index (χ3n) is 4.06. The average molecular weight is 372 g/mol. The number of ketones is 1. The van der Waals surface area contributed by atoms with E-state index in [2.05, 4.69) is 0 Å². The van der Waals surface area contributed by atoms with Crippen molar-refractivity contribution in [2.45, 2.75) is 44.7 Å². The molecule has 27 heavy (non-hydrogen) atoms. The minimum absolute atomic E-state index is 0.0171. The molecule has 0 saturated heterocycles. The van der Waals surface area contributed by atoms with E-state index in [0.717, 1.165) is 11.1 Å². The zero-order chi connectivity index (χ0) is 19.3. The third-order valence-corrected chi connectivity index (χ3v) is 4.06. The van der Waals surface area contributed by atoms with Gasteiger partial charge in [0.25, 0.3) is 0 Å². The number of hydrogen-bond donors (Lipinski definition) is 2. The zero-order valence-corrected chi connectivity index (χ0v) is 15.5. The molecule has 2 N–H and O–H groups in total. The number of ether oxygens (including phenoxy) is 2. The van der Waals surface area contributed by atoms with Crippen LogP contribution < -0.4 is 0 Å². The molecule has 0 aromatic heterocycles. The van der Waals surface area contributed by atoms with Crippen LogP contribution in [0, 0.1) is 0 Å². The molecule has 146 valence electrons. The maximum atomic E-state index is 11.9. The van der Waals surface area contributed by atoms with Crippen LogP contribution in [0.25, 0.3) is 0 Å². The lowest BCUT2D eigenvalue weighted by Crippen LogP contribution is -2.23. The van der Waals surface area contributed by atoms with Crippen molar-refractivity contribution < 1.29 is 24.5 Å². The molecule has 0 heterocycles. The standard InChI is InChI=1S/C22H28O5/c23-20(11-12-26-15-18-7-3-1-4-8-18)13-21(24)14-22(25)17-27-16-19-9-5-2-6-10-19/h1-10,20,22-23,25H,11-17H2/t20-,22-/m0/s1. The molecule has 0 aliphatic heterocycles. The van der Waals surface area contributed by atoms with Gasteiger partial charge in [0.05, 0.1) is 32.0 Å². The van der Waals surface area contributed by atoms with E-state index < -0.39 is 12.2 Å². The minimum atomic E-state index is -0.859. The molecule has 2 rings (SSSR count). The number of benzene rings is 2. The first-order valence-corrected chi connectivity index (χ1v) is 9.24. The van der Waals surface area contributed by atoms with Crippen LogP contribution in [0.15, 0.2) is 60.7 Å². The second-order valence-corrected chi connectivity index (χ2v) is 6.58. The first-order valence-electron chi connectivity index (χ1n) is 9.24. The van der Waals surface area contributed by atoms with Gasteiger partial charge in [-0.05, 0) is 17.5 Å². The number of aliphatic hydroxyl groups is 2. The molecule has 2 aromatic carbocycles. The van der Waals surface area contributed by atoms with Crippen LogP contribution in [0.1, 0.15) is 30.4 Å². The smallest absolute Gasteiger partial charge is 0.138 e. The Bertz CT molecular complexity index is 644. The van der Waals surface area contributed by atoms with Crippen LogP contribution in [-0.4, -0.2) is 41.4 Å². The predicted octanol–water partition coefficient (Wildman–Crippen LogP) is 2.88. The highest BCUT2D eigenvalue weighted by atomic mass is 16.5. The molecule has 0 aliphatic rings. The summed E-state index contributed by atoms with van der Waals surface area (Å²) in [6.07, 6.45) is -1.23. The fourth-order valence-corrected chi connectivity index (χ4v) is 2.64. The SMILES string of the molecule is O=C(C[C@H](O)COCc1ccccc1)C[C@@H](O)CCOCc1ccccc1. The minimum Gasteiger partial charge on any atom is -0.393 e. The molecule has 0 spiro atoms. The van der Waals surface area contributed by atoms with E-state index in [1.54, 1.807) is 0 Å². The van der Waals surface area contributed by atoms with Gasteiger partial charge in [-0.3, -0.25) is 4.79 Å². The Morgan fingerprint density at radius 3 is 1.89 bits per heavy atom. The van der Waals surface area contributed by atoms with E-state index in [4.69, 9.17) is 9.47 Å². The average Bonchev–Trinajstić information content (AvgIpc) is 2.67. The van der Waals surface area contributed by atoms with Gasteiger partial charge < -0.3 is 19.7 Å². The quantitative estimate of drug-likeness (QED) is 0.529. The second kappa shape index (κ2) is 12.4. The van der Waals surface area contributed by atoms with Gasteiger partial charge in [0.2, 0.25) is 0 Å². The molecular formula is C22H28O5. The van der Waals surface area contributed by atoms with Gasteiger partial charge in [0.15, 0.2) is 0 Å². The van der Waals surface area contributed by atoms with Crippen molar-refractivity contribution in [3.8, 4) is 0 Å². The van der Waals surface area contributed by atoms with Gasteiger partial charge in [-0.1, -0.05) is 60.7 Å². The van der Waals surface area contributed by atoms with Gasteiger partial charge in [0.1, 0.15) is 5.78 Å². The first kappa shape index (κ1) is 21.3. The van der Waals surface area contributed by atoms with E-state index >= 15 is 0 Å². The first-order chi connectivity index (χ1) is 13.1. The zero-order valence-electron chi connectivity index (χ0n) is 15.5. The van der Waals surface area contributed by atoms with Gasteiger partial charge in [-0.25, -0.2) is 0 Å². The molecular weight excluding hydrogens is 344 g/mol. The van der Waals surface area contributed by atoms with Crippen molar-refractivity contribution in [3.05, 3.63) is 71.8 Å². The Balaban J connectivity index is 1.53. The van der Waals surface area contributed by atoms with E-state index in [9.17, 15) is 15.0 Å². The summed E-state index contributed by atoms with van der Waals surface area (Å²) in [4.78, 5) is 11.9. The number of carbonyl (C=O) groups is 1. The van der Waals surface area contributed by atoms with Gasteiger partial charge in [0, 0.05) is 19.4 Å². The van der Waals surface area contributed by atoms with Crippen LogP contribution in [0.3, 0.4) is 0 Å². The topological polar surface area (TPSA) is 76.0 Å². The Labute approximate surface area is 160 Å². The largest absolute Gasteiger partial charge is 0.393 e. The molecule has 5 nitrogen and oxygen atoms in total. The molecule has 2 atom stereocenters. The summed E-state index contributed by atoms with van der Waals surface area (Å²) in [5, 5.41) is 19.8. The number of hydrogen-bond acceptors (Lipinski definition) is 5. The molecule has 0 unspecified atom stereocenters. The molecule has 0 fully saturated rings.